The first-order valence-corrected chi connectivity index (χ1v) is 6.91. The van der Waals surface area contributed by atoms with Crippen LogP contribution >= 0.6 is 0 Å². The van der Waals surface area contributed by atoms with E-state index in [0.29, 0.717) is 24.8 Å². The largest absolute Gasteiger partial charge is 0.339 e. The van der Waals surface area contributed by atoms with Gasteiger partial charge in [-0.15, -0.1) is 5.10 Å². The summed E-state index contributed by atoms with van der Waals surface area (Å²) in [6.07, 6.45) is 4.86. The standard InChI is InChI=1S/C13H22N6O/c1-13(2,3)12-15-11(17-20-12)9-19-8-10(16-18-19)6-4-5-7-14/h8H,4-7,9,14H2,1-3H3. The quantitative estimate of drug-likeness (QED) is 0.800. The second-order valence-corrected chi connectivity index (χ2v) is 5.92. The average molecular weight is 278 g/mol. The maximum atomic E-state index is 5.47. The average Bonchev–Trinajstić information content (AvgIpc) is 2.99. The van der Waals surface area contributed by atoms with E-state index in [1.807, 2.05) is 27.0 Å². The Morgan fingerprint density at radius 3 is 2.75 bits per heavy atom. The van der Waals surface area contributed by atoms with Crippen molar-refractivity contribution in [1.29, 1.82) is 0 Å². The van der Waals surface area contributed by atoms with E-state index in [1.54, 1.807) is 4.68 Å². The lowest BCUT2D eigenvalue weighted by atomic mass is 9.97. The topological polar surface area (TPSA) is 95.7 Å². The number of nitrogens with two attached hydrogens (primary N) is 1. The van der Waals surface area contributed by atoms with Gasteiger partial charge in [0.2, 0.25) is 5.89 Å². The molecule has 2 heterocycles. The monoisotopic (exact) mass is 278 g/mol. The minimum Gasteiger partial charge on any atom is -0.339 e. The molecule has 7 nitrogen and oxygen atoms in total. The van der Waals surface area contributed by atoms with Crippen LogP contribution in [0.25, 0.3) is 0 Å². The Hall–Kier alpha value is -1.76. The number of aryl methyl sites for hydroxylation is 1. The van der Waals surface area contributed by atoms with Crippen LogP contribution in [-0.2, 0) is 18.4 Å². The van der Waals surface area contributed by atoms with Gasteiger partial charge < -0.3 is 10.3 Å². The number of hydrogen-bond donors (Lipinski definition) is 1. The molecule has 0 unspecified atom stereocenters. The Morgan fingerprint density at radius 1 is 1.30 bits per heavy atom. The summed E-state index contributed by atoms with van der Waals surface area (Å²) < 4.78 is 6.98. The van der Waals surface area contributed by atoms with E-state index in [2.05, 4.69) is 20.5 Å². The maximum absolute atomic E-state index is 5.47. The molecule has 0 saturated heterocycles. The Balaban J connectivity index is 1.95. The summed E-state index contributed by atoms with van der Waals surface area (Å²) in [5.74, 6) is 1.25. The lowest BCUT2D eigenvalue weighted by Crippen LogP contribution is -2.12. The summed E-state index contributed by atoms with van der Waals surface area (Å²) >= 11 is 0. The molecule has 0 aromatic carbocycles. The van der Waals surface area contributed by atoms with E-state index in [-0.39, 0.29) is 5.41 Å². The summed E-state index contributed by atoms with van der Waals surface area (Å²) in [6, 6.07) is 0. The smallest absolute Gasteiger partial charge is 0.232 e. The molecule has 0 atom stereocenters. The van der Waals surface area contributed by atoms with Crippen molar-refractivity contribution < 1.29 is 4.52 Å². The molecule has 2 rings (SSSR count). The van der Waals surface area contributed by atoms with Crippen molar-refractivity contribution in [2.75, 3.05) is 6.54 Å². The highest BCUT2D eigenvalue weighted by atomic mass is 16.5. The third kappa shape index (κ3) is 3.86. The van der Waals surface area contributed by atoms with Crippen molar-refractivity contribution in [3.8, 4) is 0 Å². The summed E-state index contributed by atoms with van der Waals surface area (Å²) in [6.45, 7) is 7.30. The normalized spacial score (nSPS) is 12.0. The molecule has 0 aliphatic rings. The van der Waals surface area contributed by atoms with Gasteiger partial charge in [-0.3, -0.25) is 0 Å². The Morgan fingerprint density at radius 2 is 2.10 bits per heavy atom. The zero-order valence-corrected chi connectivity index (χ0v) is 12.3. The lowest BCUT2D eigenvalue weighted by molar-refractivity contribution is 0.317. The first-order chi connectivity index (χ1) is 9.49. The van der Waals surface area contributed by atoms with E-state index in [4.69, 9.17) is 10.3 Å². The number of nitrogens with zero attached hydrogens (tertiary/aromatic N) is 5. The van der Waals surface area contributed by atoms with Crippen LogP contribution < -0.4 is 5.73 Å². The van der Waals surface area contributed by atoms with Gasteiger partial charge in [-0.05, 0) is 25.8 Å². The van der Waals surface area contributed by atoms with E-state index in [0.717, 1.165) is 25.0 Å². The number of unbranched alkanes of at least 4 members (excludes halogenated alkanes) is 1. The van der Waals surface area contributed by atoms with Gasteiger partial charge in [-0.2, -0.15) is 4.98 Å². The maximum Gasteiger partial charge on any atom is 0.232 e. The fourth-order valence-corrected chi connectivity index (χ4v) is 1.75. The minimum atomic E-state index is -0.138. The van der Waals surface area contributed by atoms with Gasteiger partial charge in [0.15, 0.2) is 5.82 Å². The third-order valence-corrected chi connectivity index (χ3v) is 2.89. The molecule has 0 aliphatic heterocycles. The molecule has 0 aliphatic carbocycles. The highest BCUT2D eigenvalue weighted by molar-refractivity contribution is 4.99. The molecule has 0 amide bonds. The molecule has 110 valence electrons. The molecule has 0 fully saturated rings. The molecule has 0 bridgehead atoms. The van der Waals surface area contributed by atoms with Crippen molar-refractivity contribution in [3.63, 3.8) is 0 Å². The van der Waals surface area contributed by atoms with E-state index in [9.17, 15) is 0 Å². The molecular formula is C13H22N6O. The van der Waals surface area contributed by atoms with Gasteiger partial charge in [-0.1, -0.05) is 31.1 Å². The number of aromatic nitrogens is 5. The van der Waals surface area contributed by atoms with Crippen molar-refractivity contribution in [2.24, 2.45) is 5.73 Å². The number of rotatable bonds is 6. The van der Waals surface area contributed by atoms with Crippen LogP contribution in [0, 0.1) is 0 Å². The van der Waals surface area contributed by atoms with E-state index >= 15 is 0 Å². The second kappa shape index (κ2) is 6.13. The fourth-order valence-electron chi connectivity index (χ4n) is 1.75. The van der Waals surface area contributed by atoms with Crippen molar-refractivity contribution in [2.45, 2.75) is 52.0 Å². The zero-order chi connectivity index (χ0) is 14.6. The zero-order valence-electron chi connectivity index (χ0n) is 12.3. The molecule has 0 spiro atoms. The van der Waals surface area contributed by atoms with Crippen LogP contribution in [0.15, 0.2) is 10.7 Å². The van der Waals surface area contributed by atoms with E-state index in [1.165, 1.54) is 0 Å². The third-order valence-electron chi connectivity index (χ3n) is 2.89. The summed E-state index contributed by atoms with van der Waals surface area (Å²) in [4.78, 5) is 4.38. The predicted molar refractivity (Wildman–Crippen MR) is 74.1 cm³/mol. The molecule has 0 saturated carbocycles. The van der Waals surface area contributed by atoms with Crippen molar-refractivity contribution >= 4 is 0 Å². The SMILES string of the molecule is CC(C)(C)c1nc(Cn2cc(CCCCN)nn2)no1. The van der Waals surface area contributed by atoms with Gasteiger partial charge in [0, 0.05) is 11.6 Å². The number of hydrogen-bond acceptors (Lipinski definition) is 6. The van der Waals surface area contributed by atoms with Gasteiger partial charge in [0.1, 0.15) is 6.54 Å². The first kappa shape index (κ1) is 14.6. The molecule has 2 aromatic rings. The molecular weight excluding hydrogens is 256 g/mol. The predicted octanol–water partition coefficient (Wildman–Crippen LogP) is 1.29. The van der Waals surface area contributed by atoms with Gasteiger partial charge >= 0.3 is 0 Å². The van der Waals surface area contributed by atoms with Crippen LogP contribution in [0.2, 0.25) is 0 Å². The molecule has 7 heteroatoms. The van der Waals surface area contributed by atoms with Gasteiger partial charge in [-0.25, -0.2) is 4.68 Å². The summed E-state index contributed by atoms with van der Waals surface area (Å²) in [7, 11) is 0. The minimum absolute atomic E-state index is 0.138. The van der Waals surface area contributed by atoms with Crippen molar-refractivity contribution in [3.05, 3.63) is 23.6 Å². The van der Waals surface area contributed by atoms with Gasteiger partial charge in [0.05, 0.1) is 5.69 Å². The second-order valence-electron chi connectivity index (χ2n) is 5.92. The van der Waals surface area contributed by atoms with Crippen molar-refractivity contribution in [1.82, 2.24) is 25.1 Å². The van der Waals surface area contributed by atoms with Crippen LogP contribution in [0.4, 0.5) is 0 Å². The van der Waals surface area contributed by atoms with Crippen LogP contribution in [0.1, 0.15) is 51.0 Å². The first-order valence-electron chi connectivity index (χ1n) is 6.91. The Kier molecular flexibility index (Phi) is 4.49. The fraction of sp³-hybridized carbons (Fsp3) is 0.692. The van der Waals surface area contributed by atoms with Crippen LogP contribution in [-0.4, -0.2) is 31.7 Å². The molecule has 0 radical (unpaired) electrons. The highest BCUT2D eigenvalue weighted by Gasteiger charge is 2.21. The molecule has 2 aromatic heterocycles. The Labute approximate surface area is 118 Å². The molecule has 20 heavy (non-hydrogen) atoms. The van der Waals surface area contributed by atoms with E-state index < -0.39 is 0 Å². The van der Waals surface area contributed by atoms with Gasteiger partial charge in [0.25, 0.3) is 0 Å². The highest BCUT2D eigenvalue weighted by Crippen LogP contribution is 2.19. The van der Waals surface area contributed by atoms with Crippen LogP contribution in [0.5, 0.6) is 0 Å². The molecule has 2 N–H and O–H groups in total. The van der Waals surface area contributed by atoms with Crippen LogP contribution in [0.3, 0.4) is 0 Å². The summed E-state index contributed by atoms with van der Waals surface area (Å²) in [5.41, 5.74) is 6.30. The Bertz CT molecular complexity index is 539. The summed E-state index contributed by atoms with van der Waals surface area (Å²) in [5, 5.41) is 12.2. The lowest BCUT2D eigenvalue weighted by Gasteiger charge is -2.10.